The van der Waals surface area contributed by atoms with Crippen molar-refractivity contribution in [1.82, 2.24) is 4.98 Å². The van der Waals surface area contributed by atoms with Gasteiger partial charge in [0.1, 0.15) is 5.69 Å². The van der Waals surface area contributed by atoms with Crippen molar-refractivity contribution in [2.75, 3.05) is 7.11 Å². The minimum absolute atomic E-state index is 0.0320. The molecule has 0 saturated heterocycles. The van der Waals surface area contributed by atoms with E-state index in [1.807, 2.05) is 13.8 Å². The molecule has 18 heavy (non-hydrogen) atoms. The van der Waals surface area contributed by atoms with Crippen molar-refractivity contribution >= 4 is 11.9 Å². The highest BCUT2D eigenvalue weighted by molar-refractivity contribution is 5.89. The summed E-state index contributed by atoms with van der Waals surface area (Å²) < 4.78 is 4.61. The lowest BCUT2D eigenvalue weighted by Crippen LogP contribution is -2.43. The lowest BCUT2D eigenvalue weighted by atomic mass is 9.75. The van der Waals surface area contributed by atoms with Gasteiger partial charge < -0.3 is 10.5 Å². The van der Waals surface area contributed by atoms with Gasteiger partial charge in [-0.25, -0.2) is 9.78 Å². The normalized spacial score (nSPS) is 14.1. The van der Waals surface area contributed by atoms with Gasteiger partial charge in [-0.15, -0.1) is 0 Å². The summed E-state index contributed by atoms with van der Waals surface area (Å²) in [5, 5.41) is 0. The van der Waals surface area contributed by atoms with Crippen molar-refractivity contribution in [2.24, 2.45) is 11.7 Å². The number of nitrogens with two attached hydrogens (primary N) is 1. The number of carbonyl (C=O) groups excluding carboxylic acids is 2. The summed E-state index contributed by atoms with van der Waals surface area (Å²) in [7, 11) is 1.28. The topological polar surface area (TPSA) is 82.3 Å². The fourth-order valence-electron chi connectivity index (χ4n) is 1.65. The maximum Gasteiger partial charge on any atom is 0.356 e. The number of primary amides is 1. The summed E-state index contributed by atoms with van der Waals surface area (Å²) in [6.45, 7) is 5.50. The van der Waals surface area contributed by atoms with Crippen LogP contribution < -0.4 is 5.73 Å². The summed E-state index contributed by atoms with van der Waals surface area (Å²) in [6, 6.07) is 4.90. The quantitative estimate of drug-likeness (QED) is 0.816. The number of rotatable bonds is 4. The zero-order valence-electron chi connectivity index (χ0n) is 11.1. The van der Waals surface area contributed by atoms with Gasteiger partial charge in [0.25, 0.3) is 0 Å². The number of aromatic nitrogens is 1. The molecule has 5 heteroatoms. The van der Waals surface area contributed by atoms with Crippen LogP contribution in [0.15, 0.2) is 18.2 Å². The van der Waals surface area contributed by atoms with Crippen molar-refractivity contribution in [3.63, 3.8) is 0 Å². The molecule has 0 aliphatic heterocycles. The number of pyridine rings is 1. The Morgan fingerprint density at radius 1 is 1.39 bits per heavy atom. The van der Waals surface area contributed by atoms with E-state index >= 15 is 0 Å². The zero-order valence-corrected chi connectivity index (χ0v) is 11.1. The van der Waals surface area contributed by atoms with Gasteiger partial charge in [-0.1, -0.05) is 19.9 Å². The number of nitrogens with zero attached hydrogens (tertiary/aromatic N) is 1. The third-order valence-electron chi connectivity index (χ3n) is 3.34. The fourth-order valence-corrected chi connectivity index (χ4v) is 1.65. The molecule has 1 amide bonds. The zero-order chi connectivity index (χ0) is 13.9. The number of methoxy groups -OCH3 is 1. The van der Waals surface area contributed by atoms with Crippen LogP contribution in [0.4, 0.5) is 0 Å². The Bertz CT molecular complexity index is 471. The number of amides is 1. The average Bonchev–Trinajstić information content (AvgIpc) is 2.36. The van der Waals surface area contributed by atoms with Crippen molar-refractivity contribution in [2.45, 2.75) is 26.2 Å². The second-order valence-corrected chi connectivity index (χ2v) is 4.62. The number of hydrogen-bond acceptors (Lipinski definition) is 4. The number of carbonyl (C=O) groups is 2. The van der Waals surface area contributed by atoms with Gasteiger partial charge in [-0.05, 0) is 25.0 Å². The van der Waals surface area contributed by atoms with Gasteiger partial charge >= 0.3 is 5.97 Å². The second kappa shape index (κ2) is 5.16. The summed E-state index contributed by atoms with van der Waals surface area (Å²) >= 11 is 0. The van der Waals surface area contributed by atoms with E-state index < -0.39 is 17.3 Å². The highest BCUT2D eigenvalue weighted by atomic mass is 16.5. The van der Waals surface area contributed by atoms with Crippen molar-refractivity contribution < 1.29 is 14.3 Å². The fraction of sp³-hybridized carbons (Fsp3) is 0.462. The molecular weight excluding hydrogens is 232 g/mol. The molecule has 0 spiro atoms. The maximum absolute atomic E-state index is 11.7. The molecule has 1 heterocycles. The minimum Gasteiger partial charge on any atom is -0.464 e. The third kappa shape index (κ3) is 2.34. The molecule has 0 bridgehead atoms. The molecule has 0 aromatic carbocycles. The maximum atomic E-state index is 11.7. The average molecular weight is 250 g/mol. The van der Waals surface area contributed by atoms with E-state index in [-0.39, 0.29) is 11.6 Å². The van der Waals surface area contributed by atoms with Gasteiger partial charge in [0.15, 0.2) is 0 Å². The van der Waals surface area contributed by atoms with E-state index in [2.05, 4.69) is 9.72 Å². The van der Waals surface area contributed by atoms with Crippen LogP contribution in [0.2, 0.25) is 0 Å². The summed E-state index contributed by atoms with van der Waals surface area (Å²) in [5.41, 5.74) is 5.20. The first-order valence-corrected chi connectivity index (χ1v) is 5.69. The summed E-state index contributed by atoms with van der Waals surface area (Å²) in [6.07, 6.45) is 0. The molecule has 1 atom stereocenters. The molecule has 0 fully saturated rings. The largest absolute Gasteiger partial charge is 0.464 e. The smallest absolute Gasteiger partial charge is 0.356 e. The van der Waals surface area contributed by atoms with Gasteiger partial charge in [-0.3, -0.25) is 4.79 Å². The van der Waals surface area contributed by atoms with Crippen LogP contribution in [0.5, 0.6) is 0 Å². The monoisotopic (exact) mass is 250 g/mol. The van der Waals surface area contributed by atoms with E-state index in [0.717, 1.165) is 0 Å². The Hall–Kier alpha value is -1.91. The number of ether oxygens (including phenoxy) is 1. The highest BCUT2D eigenvalue weighted by Crippen LogP contribution is 2.30. The Morgan fingerprint density at radius 2 is 2.00 bits per heavy atom. The SMILES string of the molecule is COC(=O)c1cccc([C@](C)(C(N)=O)C(C)C)n1. The standard InChI is InChI=1S/C13H18N2O3/c1-8(2)13(3,12(14)17)10-7-5-6-9(15-10)11(16)18-4/h5-8H,1-4H3,(H2,14,17)/t13-/m1/s1. The Balaban J connectivity index is 3.31. The van der Waals surface area contributed by atoms with E-state index in [4.69, 9.17) is 5.73 Å². The van der Waals surface area contributed by atoms with Crippen LogP contribution in [-0.4, -0.2) is 24.0 Å². The summed E-state index contributed by atoms with van der Waals surface area (Å²) in [5.74, 6) is -1.03. The van der Waals surface area contributed by atoms with Crippen LogP contribution in [0.1, 0.15) is 37.0 Å². The van der Waals surface area contributed by atoms with Gasteiger partial charge in [0.2, 0.25) is 5.91 Å². The minimum atomic E-state index is -0.913. The van der Waals surface area contributed by atoms with Crippen LogP contribution in [0, 0.1) is 5.92 Å². The van der Waals surface area contributed by atoms with E-state index in [9.17, 15) is 9.59 Å². The third-order valence-corrected chi connectivity index (χ3v) is 3.34. The molecule has 0 saturated carbocycles. The molecule has 5 nitrogen and oxygen atoms in total. The van der Waals surface area contributed by atoms with Gasteiger partial charge in [0, 0.05) is 0 Å². The molecular formula is C13H18N2O3. The van der Waals surface area contributed by atoms with Gasteiger partial charge in [0.05, 0.1) is 18.2 Å². The molecule has 1 aromatic heterocycles. The van der Waals surface area contributed by atoms with Gasteiger partial charge in [-0.2, -0.15) is 0 Å². The molecule has 0 aliphatic carbocycles. The van der Waals surface area contributed by atoms with E-state index in [1.54, 1.807) is 19.1 Å². The molecule has 0 radical (unpaired) electrons. The molecule has 98 valence electrons. The predicted molar refractivity (Wildman–Crippen MR) is 67.0 cm³/mol. The second-order valence-electron chi connectivity index (χ2n) is 4.62. The highest BCUT2D eigenvalue weighted by Gasteiger charge is 2.38. The Morgan fingerprint density at radius 3 is 2.44 bits per heavy atom. The van der Waals surface area contributed by atoms with Crippen LogP contribution in [0.3, 0.4) is 0 Å². The number of esters is 1. The Kier molecular flexibility index (Phi) is 4.06. The molecule has 0 aliphatic rings. The predicted octanol–water partition coefficient (Wildman–Crippen LogP) is 1.27. The first-order chi connectivity index (χ1) is 8.33. The molecule has 1 rings (SSSR count). The van der Waals surface area contributed by atoms with Crippen LogP contribution in [0.25, 0.3) is 0 Å². The van der Waals surface area contributed by atoms with Crippen molar-refractivity contribution in [3.8, 4) is 0 Å². The molecule has 2 N–H and O–H groups in total. The number of hydrogen-bond donors (Lipinski definition) is 1. The van der Waals surface area contributed by atoms with E-state index in [1.165, 1.54) is 13.2 Å². The molecule has 1 aromatic rings. The first kappa shape index (κ1) is 14.2. The van der Waals surface area contributed by atoms with Crippen molar-refractivity contribution in [3.05, 3.63) is 29.6 Å². The summed E-state index contributed by atoms with van der Waals surface area (Å²) in [4.78, 5) is 27.3. The lowest BCUT2D eigenvalue weighted by Gasteiger charge is -2.29. The van der Waals surface area contributed by atoms with Crippen LogP contribution >= 0.6 is 0 Å². The molecule has 0 unspecified atom stereocenters. The Labute approximate surface area is 106 Å². The van der Waals surface area contributed by atoms with Crippen molar-refractivity contribution in [1.29, 1.82) is 0 Å². The first-order valence-electron chi connectivity index (χ1n) is 5.69. The lowest BCUT2D eigenvalue weighted by molar-refractivity contribution is -0.124. The van der Waals surface area contributed by atoms with Crippen LogP contribution in [-0.2, 0) is 14.9 Å². The van der Waals surface area contributed by atoms with E-state index in [0.29, 0.717) is 5.69 Å².